The van der Waals surface area contributed by atoms with E-state index >= 15 is 0 Å². The number of benzene rings is 2. The molecule has 1 N–H and O–H groups in total. The first-order valence-corrected chi connectivity index (χ1v) is 8.69. The second kappa shape index (κ2) is 8.30. The highest BCUT2D eigenvalue weighted by molar-refractivity contribution is 6.06. The van der Waals surface area contributed by atoms with Crippen molar-refractivity contribution < 1.29 is 27.5 Å². The maximum atomic E-state index is 13.3. The SMILES string of the molecule is COC(=O)[C@@H](Cc1ccccc1C(F)(F)F)NC(=O)c1cccc2cccnc12. The molecule has 0 spiro atoms. The number of amides is 1. The Morgan fingerprint density at radius 2 is 1.79 bits per heavy atom. The van der Waals surface area contributed by atoms with Crippen LogP contribution in [0.1, 0.15) is 21.5 Å². The quantitative estimate of drug-likeness (QED) is 0.660. The minimum Gasteiger partial charge on any atom is -0.467 e. The number of alkyl halides is 3. The van der Waals surface area contributed by atoms with Gasteiger partial charge < -0.3 is 10.1 Å². The summed E-state index contributed by atoms with van der Waals surface area (Å²) in [5.41, 5.74) is -0.352. The Kier molecular flexibility index (Phi) is 5.81. The predicted octanol–water partition coefficient (Wildman–Crippen LogP) is 3.77. The van der Waals surface area contributed by atoms with Crippen molar-refractivity contribution in [2.75, 3.05) is 7.11 Å². The number of fused-ring (bicyclic) bond motifs is 1. The number of para-hydroxylation sites is 1. The Bertz CT molecular complexity index is 1050. The van der Waals surface area contributed by atoms with Gasteiger partial charge in [0.25, 0.3) is 5.91 Å². The molecule has 0 bridgehead atoms. The van der Waals surface area contributed by atoms with Crippen LogP contribution in [0.5, 0.6) is 0 Å². The molecule has 1 amide bonds. The minimum absolute atomic E-state index is 0.119. The normalized spacial score (nSPS) is 12.4. The molecular weight excluding hydrogens is 385 g/mol. The molecule has 0 saturated carbocycles. The molecule has 1 aromatic heterocycles. The van der Waals surface area contributed by atoms with E-state index in [2.05, 4.69) is 15.0 Å². The Hall–Kier alpha value is -3.42. The van der Waals surface area contributed by atoms with Gasteiger partial charge in [-0.25, -0.2) is 4.79 Å². The van der Waals surface area contributed by atoms with Crippen LogP contribution in [0, 0.1) is 0 Å². The van der Waals surface area contributed by atoms with E-state index in [4.69, 9.17) is 0 Å². The molecule has 0 fully saturated rings. The van der Waals surface area contributed by atoms with Gasteiger partial charge in [0.2, 0.25) is 0 Å². The number of nitrogens with zero attached hydrogens (tertiary/aromatic N) is 1. The molecule has 0 aliphatic carbocycles. The fraction of sp³-hybridized carbons (Fsp3) is 0.190. The summed E-state index contributed by atoms with van der Waals surface area (Å²) < 4.78 is 44.5. The van der Waals surface area contributed by atoms with Crippen molar-refractivity contribution in [1.29, 1.82) is 0 Å². The van der Waals surface area contributed by atoms with Crippen LogP contribution in [0.15, 0.2) is 60.8 Å². The Labute approximate surface area is 164 Å². The first kappa shape index (κ1) is 20.3. The molecule has 5 nitrogen and oxygen atoms in total. The van der Waals surface area contributed by atoms with Crippen LogP contribution in [-0.4, -0.2) is 30.0 Å². The molecule has 1 heterocycles. The van der Waals surface area contributed by atoms with Crippen molar-refractivity contribution in [3.8, 4) is 0 Å². The van der Waals surface area contributed by atoms with Crippen LogP contribution in [0.2, 0.25) is 0 Å². The van der Waals surface area contributed by atoms with E-state index in [1.807, 2.05) is 0 Å². The van der Waals surface area contributed by atoms with Gasteiger partial charge in [-0.3, -0.25) is 9.78 Å². The first-order valence-electron chi connectivity index (χ1n) is 8.69. The maximum absolute atomic E-state index is 13.3. The number of halogens is 3. The molecule has 0 aliphatic heterocycles. The van der Waals surface area contributed by atoms with Gasteiger partial charge in [-0.15, -0.1) is 0 Å². The second-order valence-electron chi connectivity index (χ2n) is 6.29. The zero-order valence-electron chi connectivity index (χ0n) is 15.4. The molecule has 1 atom stereocenters. The van der Waals surface area contributed by atoms with Crippen LogP contribution in [0.3, 0.4) is 0 Å². The van der Waals surface area contributed by atoms with Gasteiger partial charge >= 0.3 is 12.1 Å². The molecule has 0 aliphatic rings. The summed E-state index contributed by atoms with van der Waals surface area (Å²) in [5.74, 6) is -1.47. The number of esters is 1. The van der Waals surface area contributed by atoms with E-state index < -0.39 is 29.7 Å². The number of hydrogen-bond donors (Lipinski definition) is 1. The summed E-state index contributed by atoms with van der Waals surface area (Å²) in [6.07, 6.45) is -3.43. The largest absolute Gasteiger partial charge is 0.467 e. The topological polar surface area (TPSA) is 68.3 Å². The monoisotopic (exact) mass is 402 g/mol. The molecular formula is C21H17F3N2O3. The van der Waals surface area contributed by atoms with Gasteiger partial charge in [0.05, 0.1) is 23.8 Å². The van der Waals surface area contributed by atoms with Crippen LogP contribution in [0.25, 0.3) is 10.9 Å². The van der Waals surface area contributed by atoms with E-state index in [0.29, 0.717) is 5.52 Å². The number of ether oxygens (including phenoxy) is 1. The van der Waals surface area contributed by atoms with Crippen LogP contribution in [-0.2, 0) is 22.1 Å². The zero-order valence-corrected chi connectivity index (χ0v) is 15.4. The lowest BCUT2D eigenvalue weighted by molar-refractivity contribution is -0.144. The lowest BCUT2D eigenvalue weighted by Gasteiger charge is -2.19. The van der Waals surface area contributed by atoms with Gasteiger partial charge in [0.15, 0.2) is 0 Å². The third-order valence-electron chi connectivity index (χ3n) is 4.42. The maximum Gasteiger partial charge on any atom is 0.416 e. The van der Waals surface area contributed by atoms with E-state index in [0.717, 1.165) is 18.6 Å². The summed E-state index contributed by atoms with van der Waals surface area (Å²) >= 11 is 0. The molecule has 29 heavy (non-hydrogen) atoms. The highest BCUT2D eigenvalue weighted by Crippen LogP contribution is 2.32. The van der Waals surface area contributed by atoms with Crippen LogP contribution < -0.4 is 5.32 Å². The molecule has 8 heteroatoms. The number of carbonyl (C=O) groups is 2. The van der Waals surface area contributed by atoms with Gasteiger partial charge in [-0.05, 0) is 23.8 Å². The highest BCUT2D eigenvalue weighted by Gasteiger charge is 2.34. The fourth-order valence-electron chi connectivity index (χ4n) is 3.05. The van der Waals surface area contributed by atoms with Crippen molar-refractivity contribution in [3.63, 3.8) is 0 Å². The minimum atomic E-state index is -4.58. The van der Waals surface area contributed by atoms with E-state index in [9.17, 15) is 22.8 Å². The average Bonchev–Trinajstić information content (AvgIpc) is 2.71. The van der Waals surface area contributed by atoms with Crippen molar-refractivity contribution >= 4 is 22.8 Å². The van der Waals surface area contributed by atoms with Crippen molar-refractivity contribution in [1.82, 2.24) is 10.3 Å². The molecule has 3 aromatic rings. The molecule has 0 radical (unpaired) electrons. The molecule has 150 valence electrons. The Morgan fingerprint density at radius 1 is 1.07 bits per heavy atom. The van der Waals surface area contributed by atoms with Gasteiger partial charge in [0, 0.05) is 18.0 Å². The lowest BCUT2D eigenvalue weighted by Crippen LogP contribution is -2.43. The second-order valence-corrected chi connectivity index (χ2v) is 6.29. The summed E-state index contributed by atoms with van der Waals surface area (Å²) in [6.45, 7) is 0. The number of carbonyl (C=O) groups excluding carboxylic acids is 2. The zero-order chi connectivity index (χ0) is 21.0. The number of hydrogen-bond acceptors (Lipinski definition) is 4. The van der Waals surface area contributed by atoms with Crippen LogP contribution in [0.4, 0.5) is 13.2 Å². The standard InChI is InChI=1S/C21H17F3N2O3/c1-29-20(28)17(12-14-6-2-3-10-16(14)21(22,23)24)26-19(27)15-9-4-7-13-8-5-11-25-18(13)15/h2-11,17H,12H2,1H3,(H,26,27)/t17-/m1/s1. The summed E-state index contributed by atoms with van der Waals surface area (Å²) in [6, 6.07) is 12.1. The number of pyridine rings is 1. The molecule has 3 rings (SSSR count). The Morgan fingerprint density at radius 3 is 2.52 bits per heavy atom. The van der Waals surface area contributed by atoms with Gasteiger partial charge in [-0.2, -0.15) is 13.2 Å². The third kappa shape index (κ3) is 4.53. The predicted molar refractivity (Wildman–Crippen MR) is 100 cm³/mol. The van der Waals surface area contributed by atoms with E-state index in [-0.39, 0.29) is 17.5 Å². The third-order valence-corrected chi connectivity index (χ3v) is 4.42. The number of nitrogens with one attached hydrogen (secondary N) is 1. The average molecular weight is 402 g/mol. The molecule has 2 aromatic carbocycles. The summed E-state index contributed by atoms with van der Waals surface area (Å²) in [7, 11) is 1.11. The highest BCUT2D eigenvalue weighted by atomic mass is 19.4. The smallest absolute Gasteiger partial charge is 0.416 e. The Balaban J connectivity index is 1.91. The first-order chi connectivity index (χ1) is 13.8. The molecule has 0 unspecified atom stereocenters. The van der Waals surface area contributed by atoms with Crippen molar-refractivity contribution in [2.24, 2.45) is 0 Å². The summed E-state index contributed by atoms with van der Waals surface area (Å²) in [4.78, 5) is 29.1. The van der Waals surface area contributed by atoms with Gasteiger partial charge in [-0.1, -0.05) is 36.4 Å². The van der Waals surface area contributed by atoms with E-state index in [1.54, 1.807) is 24.3 Å². The lowest BCUT2D eigenvalue weighted by atomic mass is 9.99. The van der Waals surface area contributed by atoms with Crippen molar-refractivity contribution in [2.45, 2.75) is 18.6 Å². The van der Waals surface area contributed by atoms with E-state index in [1.165, 1.54) is 30.5 Å². The number of rotatable bonds is 5. The van der Waals surface area contributed by atoms with Gasteiger partial charge in [0.1, 0.15) is 6.04 Å². The fourth-order valence-corrected chi connectivity index (χ4v) is 3.05. The molecule has 0 saturated heterocycles. The summed E-state index contributed by atoms with van der Waals surface area (Å²) in [5, 5.41) is 3.20. The van der Waals surface area contributed by atoms with Crippen molar-refractivity contribution in [3.05, 3.63) is 77.5 Å². The number of methoxy groups -OCH3 is 1. The van der Waals surface area contributed by atoms with Crippen LogP contribution >= 0.6 is 0 Å². The number of aromatic nitrogens is 1.